The van der Waals surface area contributed by atoms with Crippen LogP contribution >= 0.6 is 0 Å². The van der Waals surface area contributed by atoms with Crippen molar-refractivity contribution in [1.29, 1.82) is 0 Å². The van der Waals surface area contributed by atoms with Crippen molar-refractivity contribution in [3.05, 3.63) is 39.9 Å². The number of hydrogen-bond acceptors (Lipinski definition) is 2. The number of hydrogen-bond donors (Lipinski definition) is 0. The fourth-order valence-corrected chi connectivity index (χ4v) is 1.41. The van der Waals surface area contributed by atoms with Crippen molar-refractivity contribution in [2.75, 3.05) is 0 Å². The Morgan fingerprint density at radius 2 is 1.91 bits per heavy atom. The Morgan fingerprint density at radius 1 is 1.36 bits per heavy atom. The fraction of sp³-hybridized carbons (Fsp3) is 0.143. The van der Waals surface area contributed by atoms with Gasteiger partial charge in [0.2, 0.25) is 0 Å². The molecule has 0 spiro atoms. The molecule has 0 heterocycles. The Morgan fingerprint density at radius 3 is 2.27 bits per heavy atom. The summed E-state index contributed by atoms with van der Waals surface area (Å²) in [5.41, 5.74) is 1.33. The molecule has 0 unspecified atom stereocenters. The number of nitrogens with zero attached hydrogens (tertiary/aromatic N) is 1. The van der Waals surface area contributed by atoms with E-state index >= 15 is 0 Å². The van der Waals surface area contributed by atoms with Crippen LogP contribution in [0.25, 0.3) is 0 Å². The first-order valence-electron chi connectivity index (χ1n) is 3.12. The Balaban J connectivity index is 2.91. The van der Waals surface area contributed by atoms with Crippen molar-refractivity contribution in [1.82, 2.24) is 0 Å². The Hall–Kier alpha value is -0.581. The van der Waals surface area contributed by atoms with Crippen LogP contribution in [0.1, 0.15) is 5.56 Å². The van der Waals surface area contributed by atoms with Crippen LogP contribution in [0.15, 0.2) is 24.3 Å². The van der Waals surface area contributed by atoms with Crippen LogP contribution < -0.4 is 0 Å². The molecule has 0 amide bonds. The summed E-state index contributed by atoms with van der Waals surface area (Å²) in [5.74, 6) is 0. The van der Waals surface area contributed by atoms with Crippen LogP contribution in [-0.4, -0.2) is 27.4 Å². The molecular formula is C7H6NO2Sn. The molecule has 11 heavy (non-hydrogen) atoms. The predicted molar refractivity (Wildman–Crippen MR) is 42.6 cm³/mol. The molecule has 0 aliphatic heterocycles. The summed E-state index contributed by atoms with van der Waals surface area (Å²) >= 11 is 1.42. The van der Waals surface area contributed by atoms with E-state index in [0.717, 1.165) is 10.0 Å². The van der Waals surface area contributed by atoms with Gasteiger partial charge in [-0.2, -0.15) is 0 Å². The van der Waals surface area contributed by atoms with E-state index in [0.29, 0.717) is 0 Å². The van der Waals surface area contributed by atoms with Gasteiger partial charge < -0.3 is 0 Å². The molecular weight excluding hydrogens is 249 g/mol. The molecule has 1 aromatic rings. The normalized spacial score (nSPS) is 9.55. The van der Waals surface area contributed by atoms with Gasteiger partial charge in [-0.05, 0) is 0 Å². The van der Waals surface area contributed by atoms with Crippen molar-refractivity contribution in [2.45, 2.75) is 4.44 Å². The summed E-state index contributed by atoms with van der Waals surface area (Å²) in [6.45, 7) is 0. The summed E-state index contributed by atoms with van der Waals surface area (Å²) in [6, 6.07) is 6.68. The van der Waals surface area contributed by atoms with Crippen molar-refractivity contribution < 1.29 is 4.92 Å². The Labute approximate surface area is 77.7 Å². The molecule has 0 atom stereocenters. The number of nitro groups is 1. The first-order valence-corrected chi connectivity index (χ1v) is 5.14. The summed E-state index contributed by atoms with van der Waals surface area (Å²) in [5, 5.41) is 10.2. The topological polar surface area (TPSA) is 43.1 Å². The summed E-state index contributed by atoms with van der Waals surface area (Å²) in [6.07, 6.45) is 0. The molecule has 55 valence electrons. The molecule has 3 radical (unpaired) electrons. The zero-order chi connectivity index (χ0) is 8.27. The number of nitro benzene ring substituents is 1. The number of rotatable bonds is 2. The summed E-state index contributed by atoms with van der Waals surface area (Å²) in [7, 11) is 0. The average Bonchev–Trinajstić information content (AvgIpc) is 2.05. The molecule has 0 aromatic heterocycles. The number of benzene rings is 1. The third kappa shape index (κ3) is 2.18. The summed E-state index contributed by atoms with van der Waals surface area (Å²) < 4.78 is 1.00. The monoisotopic (exact) mass is 256 g/mol. The van der Waals surface area contributed by atoms with E-state index in [2.05, 4.69) is 0 Å². The van der Waals surface area contributed by atoms with Gasteiger partial charge >= 0.3 is 77.5 Å². The van der Waals surface area contributed by atoms with Gasteiger partial charge in [-0.1, -0.05) is 0 Å². The van der Waals surface area contributed by atoms with Gasteiger partial charge in [0, 0.05) is 0 Å². The zero-order valence-electron chi connectivity index (χ0n) is 5.78. The molecule has 3 nitrogen and oxygen atoms in total. The second-order valence-electron chi connectivity index (χ2n) is 2.10. The van der Waals surface area contributed by atoms with E-state index in [1.54, 1.807) is 24.3 Å². The van der Waals surface area contributed by atoms with E-state index in [9.17, 15) is 10.1 Å². The van der Waals surface area contributed by atoms with E-state index in [-0.39, 0.29) is 10.6 Å². The molecule has 0 aliphatic carbocycles. The molecule has 0 bridgehead atoms. The van der Waals surface area contributed by atoms with E-state index in [1.807, 2.05) is 0 Å². The van der Waals surface area contributed by atoms with Gasteiger partial charge in [0.25, 0.3) is 0 Å². The van der Waals surface area contributed by atoms with Crippen LogP contribution in [0.3, 0.4) is 0 Å². The molecule has 1 aromatic carbocycles. The maximum absolute atomic E-state index is 10.2. The first kappa shape index (κ1) is 8.51. The quantitative estimate of drug-likeness (QED) is 0.453. The van der Waals surface area contributed by atoms with Crippen LogP contribution in [0.5, 0.6) is 0 Å². The van der Waals surface area contributed by atoms with Crippen molar-refractivity contribution in [3.8, 4) is 0 Å². The van der Waals surface area contributed by atoms with E-state index in [1.165, 1.54) is 22.5 Å². The summed E-state index contributed by atoms with van der Waals surface area (Å²) in [4.78, 5) is 9.83. The molecule has 0 aliphatic rings. The Bertz CT molecular complexity index is 258. The molecule has 0 saturated carbocycles. The number of non-ortho nitro benzene ring substituents is 1. The van der Waals surface area contributed by atoms with Gasteiger partial charge in [-0.3, -0.25) is 0 Å². The standard InChI is InChI=1S/C7H6NO2.Sn/c1-6-2-4-7(5-3-6)8(9)10;/h2-5H,1H2;. The van der Waals surface area contributed by atoms with Crippen LogP contribution in [0, 0.1) is 10.1 Å². The zero-order valence-corrected chi connectivity index (χ0v) is 8.63. The van der Waals surface area contributed by atoms with Gasteiger partial charge in [0.15, 0.2) is 0 Å². The maximum atomic E-state index is 10.2. The second kappa shape index (κ2) is 3.71. The predicted octanol–water partition coefficient (Wildman–Crippen LogP) is 1.26. The van der Waals surface area contributed by atoms with Crippen molar-refractivity contribution in [2.24, 2.45) is 0 Å². The van der Waals surface area contributed by atoms with Crippen LogP contribution in [-0.2, 0) is 4.44 Å². The van der Waals surface area contributed by atoms with Gasteiger partial charge in [0.1, 0.15) is 0 Å². The third-order valence-corrected chi connectivity index (χ3v) is 2.52. The van der Waals surface area contributed by atoms with Gasteiger partial charge in [-0.25, -0.2) is 0 Å². The molecule has 0 N–H and O–H groups in total. The van der Waals surface area contributed by atoms with E-state index < -0.39 is 0 Å². The SMILES string of the molecule is O=[N+]([O-])c1ccc([CH2][Sn])cc1. The van der Waals surface area contributed by atoms with Gasteiger partial charge in [0.05, 0.1) is 0 Å². The molecule has 1 rings (SSSR count). The first-order chi connectivity index (χ1) is 5.24. The second-order valence-corrected chi connectivity index (χ2v) is 3.11. The average molecular weight is 255 g/mol. The third-order valence-electron chi connectivity index (χ3n) is 1.35. The van der Waals surface area contributed by atoms with Crippen molar-refractivity contribution >= 4 is 28.2 Å². The van der Waals surface area contributed by atoms with Crippen LogP contribution in [0.4, 0.5) is 5.69 Å². The van der Waals surface area contributed by atoms with Crippen molar-refractivity contribution in [3.63, 3.8) is 0 Å². The minimum absolute atomic E-state index is 0.165. The van der Waals surface area contributed by atoms with Crippen LogP contribution in [0.2, 0.25) is 0 Å². The minimum atomic E-state index is -0.382. The molecule has 4 heteroatoms. The molecule has 0 saturated heterocycles. The Kier molecular flexibility index (Phi) is 2.87. The van der Waals surface area contributed by atoms with Gasteiger partial charge in [-0.15, -0.1) is 0 Å². The fourth-order valence-electron chi connectivity index (χ4n) is 0.736. The molecule has 0 fully saturated rings. The van der Waals surface area contributed by atoms with E-state index in [4.69, 9.17) is 0 Å².